The minimum Gasteiger partial charge on any atom is -0.481 e. The molecule has 11 nitrogen and oxygen atoms in total. The highest BCUT2D eigenvalue weighted by atomic mass is 19.4. The molecule has 0 aromatic carbocycles. The molecule has 0 bridgehead atoms. The molecule has 37 heavy (non-hydrogen) atoms. The van der Waals surface area contributed by atoms with Crippen LogP contribution in [0.2, 0.25) is 0 Å². The van der Waals surface area contributed by atoms with Crippen molar-refractivity contribution in [2.24, 2.45) is 0 Å². The van der Waals surface area contributed by atoms with E-state index in [9.17, 15) is 18.3 Å². The molecule has 4 aromatic heterocycles. The summed E-state index contributed by atoms with van der Waals surface area (Å²) in [5, 5.41) is 23.2. The van der Waals surface area contributed by atoms with Crippen molar-refractivity contribution in [1.82, 2.24) is 24.7 Å². The van der Waals surface area contributed by atoms with E-state index < -0.39 is 18.2 Å². The van der Waals surface area contributed by atoms with Gasteiger partial charge in [-0.2, -0.15) is 13.2 Å². The Morgan fingerprint density at radius 3 is 2.54 bits per heavy atom. The number of pyridine rings is 1. The summed E-state index contributed by atoms with van der Waals surface area (Å²) in [4.78, 5) is 22.0. The lowest BCUT2D eigenvalue weighted by molar-refractivity contribution is -0.192. The Balaban J connectivity index is 0.000000355. The van der Waals surface area contributed by atoms with Crippen LogP contribution in [0.4, 0.5) is 19.0 Å². The predicted octanol–water partition coefficient (Wildman–Crippen LogP) is 3.55. The lowest BCUT2D eigenvalue weighted by Crippen LogP contribution is -2.21. The van der Waals surface area contributed by atoms with Crippen LogP contribution in [0.1, 0.15) is 48.3 Å². The molecule has 6 rings (SSSR count). The molecule has 4 heterocycles. The van der Waals surface area contributed by atoms with Crippen LogP contribution >= 0.6 is 0 Å². The first-order chi connectivity index (χ1) is 17.6. The summed E-state index contributed by atoms with van der Waals surface area (Å²) in [6.07, 6.45) is 0.762. The van der Waals surface area contributed by atoms with Crippen molar-refractivity contribution in [2.45, 2.75) is 43.9 Å². The molecule has 0 aliphatic heterocycles. The van der Waals surface area contributed by atoms with Crippen LogP contribution in [0, 0.1) is 0 Å². The maximum atomic E-state index is 10.9. The van der Waals surface area contributed by atoms with E-state index in [1.54, 1.807) is 19.4 Å². The number of fused-ring (bicyclic) bond motifs is 5. The molecule has 194 valence electrons. The molecule has 1 saturated carbocycles. The minimum atomic E-state index is -5.08. The van der Waals surface area contributed by atoms with Crippen LogP contribution in [0.15, 0.2) is 29.2 Å². The smallest absolute Gasteiger partial charge is 0.481 e. The maximum absolute atomic E-state index is 10.9. The number of carboxylic acids is 1. The molecule has 1 fully saturated rings. The van der Waals surface area contributed by atoms with Gasteiger partial charge in [-0.05, 0) is 31.7 Å². The van der Waals surface area contributed by atoms with E-state index in [1.165, 1.54) is 6.33 Å². The first-order valence-electron chi connectivity index (χ1n) is 11.2. The third-order valence-electron chi connectivity index (χ3n) is 6.24. The zero-order valence-electron chi connectivity index (χ0n) is 19.4. The number of aliphatic hydroxyl groups is 1. The average molecular weight is 518 g/mol. The number of ether oxygens (including phenoxy) is 1. The van der Waals surface area contributed by atoms with E-state index in [2.05, 4.69) is 20.1 Å². The van der Waals surface area contributed by atoms with E-state index >= 15 is 0 Å². The molecule has 0 radical (unpaired) electrons. The number of aliphatic hydroxyl groups excluding tert-OH is 1. The number of methoxy groups -OCH3 is 1. The van der Waals surface area contributed by atoms with Crippen molar-refractivity contribution in [3.63, 3.8) is 0 Å². The van der Waals surface area contributed by atoms with E-state index in [-0.39, 0.29) is 0 Å². The number of aliphatic carboxylic acids is 1. The standard InChI is InChI=1S/C21H20N6O3.C2HF3O2/c1-29-14-7-4-11(8-23-14)27-12-5-6-13(28)16-18(26-30-19(16)10-2-3-10)15(12)17-20(22)24-9-25-21(17)27;3-2(4,5)1(6)7/h4,7-10,13,28H,2-3,5-6H2,1H3,(H2,22,24,25);(H,6,7). The van der Waals surface area contributed by atoms with Gasteiger partial charge in [0.1, 0.15) is 23.6 Å². The number of anilines is 1. The fourth-order valence-electron chi connectivity index (χ4n) is 4.45. The highest BCUT2D eigenvalue weighted by Crippen LogP contribution is 2.50. The topological polar surface area (TPSA) is 162 Å². The highest BCUT2D eigenvalue weighted by molar-refractivity contribution is 6.03. The van der Waals surface area contributed by atoms with Gasteiger partial charge in [-0.15, -0.1) is 0 Å². The number of hydrogen-bond donors (Lipinski definition) is 3. The van der Waals surface area contributed by atoms with Crippen LogP contribution in [0.25, 0.3) is 28.0 Å². The van der Waals surface area contributed by atoms with Crippen LogP contribution in [0.5, 0.6) is 5.88 Å². The number of nitrogens with two attached hydrogens (primary N) is 1. The first kappa shape index (κ1) is 24.5. The van der Waals surface area contributed by atoms with Gasteiger partial charge in [0, 0.05) is 23.2 Å². The lowest BCUT2D eigenvalue weighted by Gasteiger charge is -2.12. The lowest BCUT2D eigenvalue weighted by atomic mass is 10.0. The maximum Gasteiger partial charge on any atom is 0.490 e. The molecule has 1 unspecified atom stereocenters. The second kappa shape index (κ2) is 9.03. The zero-order chi connectivity index (χ0) is 26.5. The number of carboxylic acid groups (broad SMARTS) is 1. The van der Waals surface area contributed by atoms with Crippen molar-refractivity contribution in [1.29, 1.82) is 0 Å². The Bertz CT molecular complexity index is 1480. The van der Waals surface area contributed by atoms with Gasteiger partial charge in [-0.25, -0.2) is 19.7 Å². The van der Waals surface area contributed by atoms with Gasteiger partial charge in [-0.1, -0.05) is 5.16 Å². The van der Waals surface area contributed by atoms with Gasteiger partial charge in [0.25, 0.3) is 0 Å². The molecule has 2 aliphatic rings. The summed E-state index contributed by atoms with van der Waals surface area (Å²) in [5.74, 6) is -0.723. The second-order valence-electron chi connectivity index (χ2n) is 8.61. The molecule has 4 aromatic rings. The summed E-state index contributed by atoms with van der Waals surface area (Å²) in [6, 6.07) is 3.72. The summed E-state index contributed by atoms with van der Waals surface area (Å²) in [5.41, 5.74) is 11.0. The van der Waals surface area contributed by atoms with Gasteiger partial charge < -0.3 is 25.2 Å². The predicted molar refractivity (Wildman–Crippen MR) is 122 cm³/mol. The van der Waals surface area contributed by atoms with Crippen molar-refractivity contribution in [3.05, 3.63) is 41.7 Å². The molecule has 0 amide bonds. The molecule has 0 spiro atoms. The van der Waals surface area contributed by atoms with Crippen molar-refractivity contribution >= 4 is 22.8 Å². The fourth-order valence-corrected chi connectivity index (χ4v) is 4.45. The molecule has 1 atom stereocenters. The number of rotatable bonds is 3. The monoisotopic (exact) mass is 518 g/mol. The minimum absolute atomic E-state index is 0.338. The Morgan fingerprint density at radius 1 is 1.22 bits per heavy atom. The number of carbonyl (C=O) groups is 1. The largest absolute Gasteiger partial charge is 0.490 e. The van der Waals surface area contributed by atoms with Gasteiger partial charge in [0.2, 0.25) is 5.88 Å². The number of halogens is 3. The average Bonchev–Trinajstić information content (AvgIpc) is 3.55. The number of alkyl halides is 3. The molecular weight excluding hydrogens is 497 g/mol. The molecule has 2 aliphatic carbocycles. The Kier molecular flexibility index (Phi) is 5.98. The SMILES string of the molecule is COc1ccc(-n2c3c(c4c(N)ncnc42)-c2noc(C4CC4)c2C(O)CC3)cn1.O=C(O)C(F)(F)F. The number of hydrogen-bond acceptors (Lipinski definition) is 9. The molecule has 4 N–H and O–H groups in total. The van der Waals surface area contributed by atoms with Crippen molar-refractivity contribution < 1.29 is 37.4 Å². The summed E-state index contributed by atoms with van der Waals surface area (Å²) >= 11 is 0. The third kappa shape index (κ3) is 4.33. The Morgan fingerprint density at radius 2 is 1.95 bits per heavy atom. The van der Waals surface area contributed by atoms with Crippen LogP contribution in [0.3, 0.4) is 0 Å². The van der Waals surface area contributed by atoms with Gasteiger partial charge in [0.15, 0.2) is 5.65 Å². The molecular formula is C23H21F3N6O5. The Hall–Kier alpha value is -4.20. The van der Waals surface area contributed by atoms with Gasteiger partial charge in [0.05, 0.1) is 36.0 Å². The molecule has 14 heteroatoms. The van der Waals surface area contributed by atoms with E-state index in [0.717, 1.165) is 41.1 Å². The molecule has 0 saturated heterocycles. The fraction of sp³-hybridized carbons (Fsp3) is 0.348. The normalized spacial score (nSPS) is 16.8. The zero-order valence-corrected chi connectivity index (χ0v) is 19.4. The second-order valence-corrected chi connectivity index (χ2v) is 8.61. The van der Waals surface area contributed by atoms with E-state index in [4.69, 9.17) is 24.9 Å². The highest BCUT2D eigenvalue weighted by Gasteiger charge is 2.39. The summed E-state index contributed by atoms with van der Waals surface area (Å²) < 4.78 is 44.7. The third-order valence-corrected chi connectivity index (χ3v) is 6.24. The van der Waals surface area contributed by atoms with Crippen LogP contribution in [-0.2, 0) is 11.2 Å². The van der Waals surface area contributed by atoms with E-state index in [1.807, 2.05) is 10.6 Å². The first-order valence-corrected chi connectivity index (χ1v) is 11.2. The van der Waals surface area contributed by atoms with Gasteiger partial charge >= 0.3 is 12.1 Å². The summed E-state index contributed by atoms with van der Waals surface area (Å²) in [7, 11) is 1.58. The van der Waals surface area contributed by atoms with Crippen molar-refractivity contribution in [3.8, 4) is 22.8 Å². The van der Waals surface area contributed by atoms with Gasteiger partial charge in [-0.3, -0.25) is 4.57 Å². The Labute approximate surface area is 206 Å². The van der Waals surface area contributed by atoms with E-state index in [0.29, 0.717) is 47.2 Å². The van der Waals surface area contributed by atoms with Crippen LogP contribution in [-0.4, -0.2) is 54.1 Å². The number of nitrogens with zero attached hydrogens (tertiary/aromatic N) is 5. The van der Waals surface area contributed by atoms with Crippen LogP contribution < -0.4 is 10.5 Å². The van der Waals surface area contributed by atoms with Crippen molar-refractivity contribution in [2.75, 3.05) is 12.8 Å². The number of nitrogen functional groups attached to an aromatic ring is 1. The number of aromatic nitrogens is 5. The summed E-state index contributed by atoms with van der Waals surface area (Å²) in [6.45, 7) is 0. The quantitative estimate of drug-likeness (QED) is 0.366.